The maximum Gasteiger partial charge on any atom is 0.137 e. The molecule has 2 rings (SSSR count). The number of unbranched alkanes of at least 4 members (excludes halogenated alkanes) is 1. The molecule has 0 aromatic heterocycles. The lowest BCUT2D eigenvalue weighted by molar-refractivity contribution is 0.308. The van der Waals surface area contributed by atoms with Crippen LogP contribution in [0.15, 0.2) is 36.4 Å². The van der Waals surface area contributed by atoms with E-state index in [2.05, 4.69) is 12.2 Å². The summed E-state index contributed by atoms with van der Waals surface area (Å²) in [5.74, 6) is 0.671. The second kappa shape index (κ2) is 8.52. The number of benzene rings is 2. The maximum atomic E-state index is 6.05. The van der Waals surface area contributed by atoms with Crippen molar-refractivity contribution in [2.45, 2.75) is 19.8 Å². The Bertz CT molecular complexity index is 631. The van der Waals surface area contributed by atoms with Gasteiger partial charge in [-0.25, -0.2) is 0 Å². The van der Waals surface area contributed by atoms with E-state index in [1.54, 1.807) is 18.2 Å². The summed E-state index contributed by atoms with van der Waals surface area (Å²) in [6.07, 6.45) is 1.93. The van der Waals surface area contributed by atoms with Crippen LogP contribution in [-0.2, 0) is 0 Å². The van der Waals surface area contributed by atoms with Crippen LogP contribution in [0.1, 0.15) is 18.4 Å². The first-order chi connectivity index (χ1) is 10.6. The molecular weight excluding hydrogens is 341 g/mol. The number of ether oxygens (including phenoxy) is 1. The van der Waals surface area contributed by atoms with Gasteiger partial charge in [0.1, 0.15) is 5.75 Å². The van der Waals surface area contributed by atoms with Gasteiger partial charge >= 0.3 is 0 Å². The first kappa shape index (κ1) is 17.3. The highest BCUT2D eigenvalue weighted by Crippen LogP contribution is 2.27. The third-order valence-corrected chi connectivity index (χ3v) is 4.00. The third-order valence-electron chi connectivity index (χ3n) is 3.24. The average molecular weight is 359 g/mol. The van der Waals surface area contributed by atoms with Gasteiger partial charge in [-0.15, -0.1) is 0 Å². The quantitative estimate of drug-likeness (QED) is 0.593. The van der Waals surface area contributed by atoms with Gasteiger partial charge in [0.25, 0.3) is 0 Å². The van der Waals surface area contributed by atoms with Gasteiger partial charge in [0.05, 0.1) is 11.6 Å². The Balaban J connectivity index is 1.68. The van der Waals surface area contributed by atoms with Gasteiger partial charge in [-0.1, -0.05) is 40.9 Å². The smallest absolute Gasteiger partial charge is 0.137 e. The number of anilines is 1. The summed E-state index contributed by atoms with van der Waals surface area (Å²) in [4.78, 5) is 0. The lowest BCUT2D eigenvalue weighted by Gasteiger charge is -2.11. The summed E-state index contributed by atoms with van der Waals surface area (Å²) in [6.45, 7) is 3.56. The van der Waals surface area contributed by atoms with Crippen molar-refractivity contribution in [1.29, 1.82) is 0 Å². The third kappa shape index (κ3) is 5.28. The molecule has 0 fully saturated rings. The van der Waals surface area contributed by atoms with Crippen LogP contribution in [0, 0.1) is 6.92 Å². The second-order valence-electron chi connectivity index (χ2n) is 5.02. The van der Waals surface area contributed by atoms with Crippen LogP contribution in [0.2, 0.25) is 15.1 Å². The van der Waals surface area contributed by atoms with Crippen molar-refractivity contribution in [3.05, 3.63) is 57.0 Å². The van der Waals surface area contributed by atoms with Gasteiger partial charge in [0.15, 0.2) is 0 Å². The van der Waals surface area contributed by atoms with Crippen LogP contribution >= 0.6 is 34.8 Å². The fourth-order valence-electron chi connectivity index (χ4n) is 2.01. The zero-order valence-electron chi connectivity index (χ0n) is 12.3. The topological polar surface area (TPSA) is 21.3 Å². The van der Waals surface area contributed by atoms with E-state index in [0.717, 1.165) is 30.1 Å². The standard InChI is InChI=1S/C17H18Cl3NO/c1-12-4-5-14(19)11-16(12)21-8-2-3-9-22-17-7-6-13(18)10-15(17)20/h4-7,10-11,21H,2-3,8-9H2,1H3. The molecule has 0 amide bonds. The number of aryl methyl sites for hydroxylation is 1. The molecule has 0 aliphatic carbocycles. The minimum absolute atomic E-state index is 0.542. The molecule has 0 unspecified atom stereocenters. The van der Waals surface area contributed by atoms with Crippen LogP contribution in [0.3, 0.4) is 0 Å². The lowest BCUT2D eigenvalue weighted by atomic mass is 10.2. The van der Waals surface area contributed by atoms with Crippen molar-refractivity contribution < 1.29 is 4.74 Å². The second-order valence-corrected chi connectivity index (χ2v) is 6.30. The van der Waals surface area contributed by atoms with Gasteiger partial charge in [-0.2, -0.15) is 0 Å². The number of halogens is 3. The van der Waals surface area contributed by atoms with E-state index in [1.807, 2.05) is 18.2 Å². The summed E-state index contributed by atoms with van der Waals surface area (Å²) >= 11 is 17.9. The molecule has 0 aliphatic heterocycles. The van der Waals surface area contributed by atoms with E-state index in [-0.39, 0.29) is 0 Å². The highest BCUT2D eigenvalue weighted by Gasteiger charge is 2.02. The van der Waals surface area contributed by atoms with Crippen molar-refractivity contribution >= 4 is 40.5 Å². The Kier molecular flexibility index (Phi) is 6.69. The largest absolute Gasteiger partial charge is 0.492 e. The molecule has 5 heteroatoms. The number of hydrogen-bond acceptors (Lipinski definition) is 2. The zero-order chi connectivity index (χ0) is 15.9. The Labute approximate surface area is 146 Å². The van der Waals surface area contributed by atoms with Gasteiger partial charge in [0, 0.05) is 22.3 Å². The molecule has 0 bridgehead atoms. The SMILES string of the molecule is Cc1ccc(Cl)cc1NCCCCOc1ccc(Cl)cc1Cl. The molecule has 22 heavy (non-hydrogen) atoms. The van der Waals surface area contributed by atoms with Crippen LogP contribution in [0.25, 0.3) is 0 Å². The number of rotatable bonds is 7. The Morgan fingerprint density at radius 3 is 2.45 bits per heavy atom. The van der Waals surface area contributed by atoms with Crippen molar-refractivity contribution in [3.63, 3.8) is 0 Å². The molecule has 0 saturated carbocycles. The molecule has 118 valence electrons. The van der Waals surface area contributed by atoms with Crippen LogP contribution in [0.4, 0.5) is 5.69 Å². The molecule has 2 nitrogen and oxygen atoms in total. The summed E-state index contributed by atoms with van der Waals surface area (Å²) in [7, 11) is 0. The van der Waals surface area contributed by atoms with E-state index in [1.165, 1.54) is 5.56 Å². The Morgan fingerprint density at radius 1 is 0.955 bits per heavy atom. The van der Waals surface area contributed by atoms with Crippen LogP contribution in [0.5, 0.6) is 5.75 Å². The molecule has 2 aromatic rings. The Hall–Kier alpha value is -1.09. The predicted molar refractivity (Wildman–Crippen MR) is 95.9 cm³/mol. The predicted octanol–water partition coefficient (Wildman–Crippen LogP) is 6.23. The van der Waals surface area contributed by atoms with Gasteiger partial charge < -0.3 is 10.1 Å². The first-order valence-corrected chi connectivity index (χ1v) is 8.27. The molecule has 0 heterocycles. The zero-order valence-corrected chi connectivity index (χ0v) is 14.6. The van der Waals surface area contributed by atoms with Crippen LogP contribution in [-0.4, -0.2) is 13.2 Å². The van der Waals surface area contributed by atoms with E-state index < -0.39 is 0 Å². The molecular formula is C17H18Cl3NO. The lowest BCUT2D eigenvalue weighted by Crippen LogP contribution is -2.06. The summed E-state index contributed by atoms with van der Waals surface area (Å²) in [6, 6.07) is 11.1. The molecule has 0 radical (unpaired) electrons. The fraction of sp³-hybridized carbons (Fsp3) is 0.294. The van der Waals surface area contributed by atoms with Crippen molar-refractivity contribution in [1.82, 2.24) is 0 Å². The summed E-state index contributed by atoms with van der Waals surface area (Å²) in [5.41, 5.74) is 2.27. The monoisotopic (exact) mass is 357 g/mol. The minimum atomic E-state index is 0.542. The van der Waals surface area contributed by atoms with Gasteiger partial charge in [-0.3, -0.25) is 0 Å². The van der Waals surface area contributed by atoms with Crippen LogP contribution < -0.4 is 10.1 Å². The maximum absolute atomic E-state index is 6.05. The van der Waals surface area contributed by atoms with E-state index in [0.29, 0.717) is 22.4 Å². The average Bonchev–Trinajstić information content (AvgIpc) is 2.48. The molecule has 0 aliphatic rings. The minimum Gasteiger partial charge on any atom is -0.492 e. The summed E-state index contributed by atoms with van der Waals surface area (Å²) in [5, 5.41) is 5.28. The van der Waals surface area contributed by atoms with E-state index in [9.17, 15) is 0 Å². The highest BCUT2D eigenvalue weighted by atomic mass is 35.5. The van der Waals surface area contributed by atoms with Gasteiger partial charge in [-0.05, 0) is 55.7 Å². The highest BCUT2D eigenvalue weighted by molar-refractivity contribution is 6.35. The van der Waals surface area contributed by atoms with Crippen molar-refractivity contribution in [3.8, 4) is 5.75 Å². The van der Waals surface area contributed by atoms with Crippen molar-refractivity contribution in [2.75, 3.05) is 18.5 Å². The normalized spacial score (nSPS) is 10.5. The molecule has 0 spiro atoms. The molecule has 0 saturated heterocycles. The van der Waals surface area contributed by atoms with E-state index in [4.69, 9.17) is 39.5 Å². The van der Waals surface area contributed by atoms with Crippen molar-refractivity contribution in [2.24, 2.45) is 0 Å². The molecule has 0 atom stereocenters. The molecule has 1 N–H and O–H groups in total. The van der Waals surface area contributed by atoms with E-state index >= 15 is 0 Å². The summed E-state index contributed by atoms with van der Waals surface area (Å²) < 4.78 is 5.65. The fourth-order valence-corrected chi connectivity index (χ4v) is 2.64. The molecule has 2 aromatic carbocycles. The Morgan fingerprint density at radius 2 is 1.68 bits per heavy atom. The number of hydrogen-bond donors (Lipinski definition) is 1. The number of nitrogens with one attached hydrogen (secondary N) is 1. The van der Waals surface area contributed by atoms with Gasteiger partial charge in [0.2, 0.25) is 0 Å². The first-order valence-electron chi connectivity index (χ1n) is 7.14.